The predicted octanol–water partition coefficient (Wildman–Crippen LogP) is 5.58. The van der Waals surface area contributed by atoms with E-state index in [1.54, 1.807) is 72.8 Å². The van der Waals surface area contributed by atoms with Crippen LogP contribution in [0.1, 0.15) is 26.3 Å². The Morgan fingerprint density at radius 1 is 0.833 bits per heavy atom. The van der Waals surface area contributed by atoms with Gasteiger partial charge in [-0.3, -0.25) is 4.79 Å². The van der Waals surface area contributed by atoms with E-state index in [1.165, 1.54) is 20.3 Å². The molecule has 3 rings (SSSR count). The molecule has 152 valence electrons. The summed E-state index contributed by atoms with van der Waals surface area (Å²) < 4.78 is 16.7. The van der Waals surface area contributed by atoms with Crippen molar-refractivity contribution in [3.05, 3.63) is 94.0 Å². The van der Waals surface area contributed by atoms with Crippen LogP contribution in [-0.4, -0.2) is 26.0 Å². The smallest absolute Gasteiger partial charge is 0.343 e. The van der Waals surface area contributed by atoms with Crippen LogP contribution < -0.4 is 14.2 Å². The fourth-order valence-corrected chi connectivity index (χ4v) is 2.93. The van der Waals surface area contributed by atoms with Gasteiger partial charge < -0.3 is 14.2 Å². The summed E-state index contributed by atoms with van der Waals surface area (Å²) in [6.45, 7) is 0. The third kappa shape index (κ3) is 5.36. The van der Waals surface area contributed by atoms with Gasteiger partial charge in [-0.1, -0.05) is 34.1 Å². The van der Waals surface area contributed by atoms with Gasteiger partial charge in [0.2, 0.25) is 0 Å². The second kappa shape index (κ2) is 9.89. The lowest BCUT2D eigenvalue weighted by Crippen LogP contribution is -2.08. The van der Waals surface area contributed by atoms with Crippen LogP contribution in [0, 0.1) is 0 Å². The Kier molecular flexibility index (Phi) is 7.03. The van der Waals surface area contributed by atoms with Crippen molar-refractivity contribution in [2.24, 2.45) is 0 Å². The van der Waals surface area contributed by atoms with Gasteiger partial charge in [-0.05, 0) is 66.2 Å². The van der Waals surface area contributed by atoms with Crippen molar-refractivity contribution in [3.63, 3.8) is 0 Å². The molecule has 0 bridgehead atoms. The SMILES string of the molecule is COc1ccc(OC)c(C(=O)C=Cc2ccc(OC(=O)c3ccc(Br)cc3)cc2)c1. The van der Waals surface area contributed by atoms with Gasteiger partial charge >= 0.3 is 5.97 Å². The van der Waals surface area contributed by atoms with Crippen LogP contribution in [0.4, 0.5) is 0 Å². The third-order valence-corrected chi connectivity index (χ3v) is 4.80. The van der Waals surface area contributed by atoms with Crippen LogP contribution in [0.2, 0.25) is 0 Å². The lowest BCUT2D eigenvalue weighted by atomic mass is 10.1. The number of rotatable bonds is 7. The van der Waals surface area contributed by atoms with Crippen molar-refractivity contribution in [2.75, 3.05) is 14.2 Å². The van der Waals surface area contributed by atoms with Crippen molar-refractivity contribution in [1.82, 2.24) is 0 Å². The minimum absolute atomic E-state index is 0.212. The Hall–Kier alpha value is -3.38. The van der Waals surface area contributed by atoms with E-state index in [9.17, 15) is 9.59 Å². The zero-order valence-electron chi connectivity index (χ0n) is 16.4. The standard InChI is InChI=1S/C24H19BrO5/c1-28-20-12-14-23(29-2)21(15-20)22(26)13-5-16-3-10-19(11-4-16)30-24(27)17-6-8-18(25)9-7-17/h3-15H,1-2H3. The molecule has 0 spiro atoms. The van der Waals surface area contributed by atoms with E-state index in [4.69, 9.17) is 14.2 Å². The van der Waals surface area contributed by atoms with Gasteiger partial charge in [0.15, 0.2) is 5.78 Å². The maximum atomic E-state index is 12.6. The Morgan fingerprint density at radius 2 is 1.50 bits per heavy atom. The number of allylic oxidation sites excluding steroid dienone is 1. The number of methoxy groups -OCH3 is 2. The molecule has 0 saturated heterocycles. The second-order valence-corrected chi connectivity index (χ2v) is 7.14. The number of esters is 1. The monoisotopic (exact) mass is 466 g/mol. The molecule has 0 saturated carbocycles. The molecule has 0 radical (unpaired) electrons. The zero-order chi connectivity index (χ0) is 21.5. The summed E-state index contributed by atoms with van der Waals surface area (Å²) in [6, 6.07) is 18.8. The van der Waals surface area contributed by atoms with Crippen LogP contribution >= 0.6 is 15.9 Å². The normalized spacial score (nSPS) is 10.6. The third-order valence-electron chi connectivity index (χ3n) is 4.27. The molecule has 0 aliphatic rings. The highest BCUT2D eigenvalue weighted by atomic mass is 79.9. The molecular weight excluding hydrogens is 448 g/mol. The van der Waals surface area contributed by atoms with Gasteiger partial charge in [-0.25, -0.2) is 4.79 Å². The van der Waals surface area contributed by atoms with Crippen molar-refractivity contribution < 1.29 is 23.8 Å². The number of hydrogen-bond donors (Lipinski definition) is 0. The van der Waals surface area contributed by atoms with Gasteiger partial charge in [-0.2, -0.15) is 0 Å². The fraction of sp³-hybridized carbons (Fsp3) is 0.0833. The summed E-state index contributed by atoms with van der Waals surface area (Å²) in [4.78, 5) is 24.7. The summed E-state index contributed by atoms with van der Waals surface area (Å²) in [7, 11) is 3.05. The largest absolute Gasteiger partial charge is 0.497 e. The Morgan fingerprint density at radius 3 is 2.13 bits per heavy atom. The van der Waals surface area contributed by atoms with Crippen molar-refractivity contribution >= 4 is 33.8 Å². The average molecular weight is 467 g/mol. The van der Waals surface area contributed by atoms with E-state index < -0.39 is 5.97 Å². The maximum absolute atomic E-state index is 12.6. The molecule has 0 aromatic heterocycles. The molecule has 30 heavy (non-hydrogen) atoms. The molecule has 0 unspecified atom stereocenters. The summed E-state index contributed by atoms with van der Waals surface area (Å²) in [5, 5.41) is 0. The van der Waals surface area contributed by atoms with Gasteiger partial charge in [-0.15, -0.1) is 0 Å². The van der Waals surface area contributed by atoms with Gasteiger partial charge in [0.25, 0.3) is 0 Å². The van der Waals surface area contributed by atoms with E-state index in [0.29, 0.717) is 28.4 Å². The van der Waals surface area contributed by atoms with Crippen LogP contribution in [0.15, 0.2) is 77.3 Å². The van der Waals surface area contributed by atoms with Crippen LogP contribution in [0.5, 0.6) is 17.2 Å². The topological polar surface area (TPSA) is 61.8 Å². The molecule has 3 aromatic carbocycles. The Labute approximate surface area is 183 Å². The number of carbonyl (C=O) groups excluding carboxylic acids is 2. The first-order valence-corrected chi connectivity index (χ1v) is 9.81. The summed E-state index contributed by atoms with van der Waals surface area (Å²) in [5.74, 6) is 0.814. The number of ether oxygens (including phenoxy) is 3. The lowest BCUT2D eigenvalue weighted by Gasteiger charge is -2.08. The number of halogens is 1. The van der Waals surface area contributed by atoms with Gasteiger partial charge in [0.1, 0.15) is 17.2 Å². The zero-order valence-corrected chi connectivity index (χ0v) is 18.0. The molecule has 0 atom stereocenters. The number of benzene rings is 3. The Balaban J connectivity index is 1.68. The van der Waals surface area contributed by atoms with E-state index in [-0.39, 0.29) is 5.78 Å². The maximum Gasteiger partial charge on any atom is 0.343 e. The summed E-state index contributed by atoms with van der Waals surface area (Å²) in [6.07, 6.45) is 3.14. The molecule has 3 aromatic rings. The van der Waals surface area contributed by atoms with E-state index >= 15 is 0 Å². The summed E-state index contributed by atoms with van der Waals surface area (Å²) >= 11 is 3.33. The number of carbonyl (C=O) groups is 2. The van der Waals surface area contributed by atoms with E-state index in [0.717, 1.165) is 10.0 Å². The quantitative estimate of drug-likeness (QED) is 0.197. The van der Waals surface area contributed by atoms with Crippen molar-refractivity contribution in [1.29, 1.82) is 0 Å². The van der Waals surface area contributed by atoms with Gasteiger partial charge in [0, 0.05) is 4.47 Å². The van der Waals surface area contributed by atoms with E-state index in [1.807, 2.05) is 0 Å². The molecule has 0 fully saturated rings. The molecule has 0 heterocycles. The van der Waals surface area contributed by atoms with Crippen LogP contribution in [-0.2, 0) is 0 Å². The van der Waals surface area contributed by atoms with E-state index in [2.05, 4.69) is 15.9 Å². The molecular formula is C24H19BrO5. The minimum atomic E-state index is -0.439. The highest BCUT2D eigenvalue weighted by Gasteiger charge is 2.11. The van der Waals surface area contributed by atoms with Crippen molar-refractivity contribution in [3.8, 4) is 17.2 Å². The fourth-order valence-electron chi connectivity index (χ4n) is 2.67. The van der Waals surface area contributed by atoms with Gasteiger partial charge in [0.05, 0.1) is 25.3 Å². The molecule has 6 heteroatoms. The molecule has 0 aliphatic carbocycles. The highest BCUT2D eigenvalue weighted by molar-refractivity contribution is 9.10. The average Bonchev–Trinajstić information content (AvgIpc) is 2.78. The summed E-state index contributed by atoms with van der Waals surface area (Å²) in [5.41, 5.74) is 1.65. The van der Waals surface area contributed by atoms with Crippen LogP contribution in [0.3, 0.4) is 0 Å². The number of ketones is 1. The number of hydrogen-bond acceptors (Lipinski definition) is 5. The molecule has 5 nitrogen and oxygen atoms in total. The Bertz CT molecular complexity index is 1070. The van der Waals surface area contributed by atoms with Crippen molar-refractivity contribution in [2.45, 2.75) is 0 Å². The first-order valence-electron chi connectivity index (χ1n) is 9.02. The molecule has 0 amide bonds. The predicted molar refractivity (Wildman–Crippen MR) is 118 cm³/mol. The highest BCUT2D eigenvalue weighted by Crippen LogP contribution is 2.25. The first-order chi connectivity index (χ1) is 14.5. The first kappa shape index (κ1) is 21.3. The molecule has 0 N–H and O–H groups in total. The molecule has 0 aliphatic heterocycles. The second-order valence-electron chi connectivity index (χ2n) is 6.23. The lowest BCUT2D eigenvalue weighted by molar-refractivity contribution is 0.0734. The van der Waals surface area contributed by atoms with Crippen LogP contribution in [0.25, 0.3) is 6.08 Å². The minimum Gasteiger partial charge on any atom is -0.497 e.